The molecule has 0 unspecified atom stereocenters. The van der Waals surface area contributed by atoms with Gasteiger partial charge in [0.1, 0.15) is 16.8 Å². The fourth-order valence-electron chi connectivity index (χ4n) is 2.91. The molecule has 0 aliphatic rings. The van der Waals surface area contributed by atoms with Crippen LogP contribution in [0.2, 0.25) is 0 Å². The van der Waals surface area contributed by atoms with Crippen LogP contribution in [0.25, 0.3) is 10.9 Å². The van der Waals surface area contributed by atoms with Crippen LogP contribution in [0.4, 0.5) is 10.1 Å². The minimum atomic E-state index is -4.03. The number of anilines is 1. The Morgan fingerprint density at radius 2 is 1.83 bits per heavy atom. The predicted octanol–water partition coefficient (Wildman–Crippen LogP) is 3.62. The van der Waals surface area contributed by atoms with Gasteiger partial charge < -0.3 is 5.32 Å². The smallest absolute Gasteiger partial charge is 0.243 e. The fraction of sp³-hybridized carbons (Fsp3) is 0.238. The molecule has 3 rings (SSSR count). The number of aromatic nitrogens is 1. The first kappa shape index (κ1) is 20.9. The molecule has 0 aliphatic carbocycles. The van der Waals surface area contributed by atoms with Gasteiger partial charge in [-0.25, -0.2) is 12.8 Å². The minimum absolute atomic E-state index is 0.00423. The average Bonchev–Trinajstić information content (AvgIpc) is 2.68. The molecule has 8 heteroatoms. The first-order valence-electron chi connectivity index (χ1n) is 9.12. The van der Waals surface area contributed by atoms with E-state index in [-0.39, 0.29) is 16.5 Å². The summed E-state index contributed by atoms with van der Waals surface area (Å²) < 4.78 is 42.3. The van der Waals surface area contributed by atoms with Crippen LogP contribution in [0.15, 0.2) is 59.6 Å². The van der Waals surface area contributed by atoms with E-state index in [9.17, 15) is 17.6 Å². The molecule has 0 saturated carbocycles. The van der Waals surface area contributed by atoms with Crippen LogP contribution in [0.5, 0.6) is 0 Å². The molecule has 1 heterocycles. The Morgan fingerprint density at radius 3 is 2.52 bits per heavy atom. The normalized spacial score (nSPS) is 12.9. The molecule has 0 radical (unpaired) electrons. The van der Waals surface area contributed by atoms with Crippen molar-refractivity contribution in [3.8, 4) is 0 Å². The van der Waals surface area contributed by atoms with Gasteiger partial charge in [0.25, 0.3) is 0 Å². The number of nitrogens with zero attached hydrogens (tertiary/aromatic N) is 1. The molecule has 29 heavy (non-hydrogen) atoms. The Bertz CT molecular complexity index is 1160. The molecule has 1 aromatic heterocycles. The lowest BCUT2D eigenvalue weighted by atomic mass is 10.0. The highest BCUT2D eigenvalue weighted by molar-refractivity contribution is 7.89. The molecule has 0 fully saturated rings. The standard InChI is InChI=1S/C21H22FN3O3S/c1-13(2)19(21(26)24-16-10-9-14(3)17(22)12-16)25-29(27,28)18-8-4-6-15-7-5-11-23-20(15)18/h4-13,19,25H,1-3H3,(H,24,26)/t19-/m1/s1. The van der Waals surface area contributed by atoms with Crippen molar-refractivity contribution in [3.63, 3.8) is 0 Å². The lowest BCUT2D eigenvalue weighted by Gasteiger charge is -2.22. The molecule has 1 amide bonds. The van der Waals surface area contributed by atoms with Gasteiger partial charge >= 0.3 is 0 Å². The lowest BCUT2D eigenvalue weighted by molar-refractivity contribution is -0.118. The second-order valence-electron chi connectivity index (χ2n) is 7.13. The summed E-state index contributed by atoms with van der Waals surface area (Å²) in [4.78, 5) is 16.9. The van der Waals surface area contributed by atoms with E-state index in [1.165, 1.54) is 18.3 Å². The van der Waals surface area contributed by atoms with Crippen LogP contribution >= 0.6 is 0 Å². The molecule has 1 atom stereocenters. The number of benzene rings is 2. The maximum atomic E-state index is 13.8. The van der Waals surface area contributed by atoms with E-state index in [0.717, 1.165) is 0 Å². The van der Waals surface area contributed by atoms with Crippen LogP contribution < -0.4 is 10.0 Å². The molecule has 152 valence electrons. The summed E-state index contributed by atoms with van der Waals surface area (Å²) in [6.07, 6.45) is 1.51. The van der Waals surface area contributed by atoms with Gasteiger partial charge in [-0.2, -0.15) is 4.72 Å². The number of rotatable bonds is 6. The zero-order chi connectivity index (χ0) is 21.2. The Hall–Kier alpha value is -2.84. The number of hydrogen-bond donors (Lipinski definition) is 2. The van der Waals surface area contributed by atoms with Crippen molar-refractivity contribution in [2.24, 2.45) is 5.92 Å². The summed E-state index contributed by atoms with van der Waals surface area (Å²) in [5.41, 5.74) is 1.04. The zero-order valence-electron chi connectivity index (χ0n) is 16.3. The van der Waals surface area contributed by atoms with E-state index in [0.29, 0.717) is 16.5 Å². The summed E-state index contributed by atoms with van der Waals surface area (Å²) in [7, 11) is -4.03. The number of sulfonamides is 1. The molecule has 2 N–H and O–H groups in total. The van der Waals surface area contributed by atoms with Crippen molar-refractivity contribution in [1.29, 1.82) is 0 Å². The van der Waals surface area contributed by atoms with Crippen molar-refractivity contribution >= 4 is 32.5 Å². The summed E-state index contributed by atoms with van der Waals surface area (Å²) in [5.74, 6) is -1.37. The number of aryl methyl sites for hydroxylation is 1. The Kier molecular flexibility index (Phi) is 5.95. The lowest BCUT2D eigenvalue weighted by Crippen LogP contribution is -2.47. The maximum Gasteiger partial charge on any atom is 0.243 e. The maximum absolute atomic E-state index is 13.8. The third kappa shape index (κ3) is 4.60. The molecular formula is C21H22FN3O3S. The molecule has 0 saturated heterocycles. The fourth-order valence-corrected chi connectivity index (χ4v) is 4.43. The Labute approximate surface area is 169 Å². The van der Waals surface area contributed by atoms with Gasteiger partial charge in [-0.3, -0.25) is 9.78 Å². The SMILES string of the molecule is Cc1ccc(NC(=O)[C@H](NS(=O)(=O)c2cccc3cccnc23)C(C)C)cc1F. The quantitative estimate of drug-likeness (QED) is 0.644. The summed E-state index contributed by atoms with van der Waals surface area (Å²) in [6, 6.07) is 11.6. The van der Waals surface area contributed by atoms with Crippen molar-refractivity contribution in [3.05, 3.63) is 66.1 Å². The highest BCUT2D eigenvalue weighted by atomic mass is 32.2. The van der Waals surface area contributed by atoms with Crippen molar-refractivity contribution in [1.82, 2.24) is 9.71 Å². The number of para-hydroxylation sites is 1. The van der Waals surface area contributed by atoms with Gasteiger partial charge in [-0.1, -0.05) is 38.1 Å². The van der Waals surface area contributed by atoms with Gasteiger partial charge in [-0.15, -0.1) is 0 Å². The van der Waals surface area contributed by atoms with Crippen LogP contribution in [-0.4, -0.2) is 25.4 Å². The van der Waals surface area contributed by atoms with Gasteiger partial charge in [0, 0.05) is 17.3 Å². The number of carbonyl (C=O) groups is 1. The number of nitrogens with one attached hydrogen (secondary N) is 2. The number of fused-ring (bicyclic) bond motifs is 1. The summed E-state index contributed by atoms with van der Waals surface area (Å²) in [6.45, 7) is 5.07. The first-order chi connectivity index (χ1) is 13.7. The second-order valence-corrected chi connectivity index (χ2v) is 8.81. The Morgan fingerprint density at radius 1 is 1.10 bits per heavy atom. The van der Waals surface area contributed by atoms with Gasteiger partial charge in [0.2, 0.25) is 15.9 Å². The zero-order valence-corrected chi connectivity index (χ0v) is 17.1. The number of amides is 1. The third-order valence-electron chi connectivity index (χ3n) is 4.56. The number of carbonyl (C=O) groups excluding carboxylic acids is 1. The Balaban J connectivity index is 1.89. The first-order valence-corrected chi connectivity index (χ1v) is 10.6. The van der Waals surface area contributed by atoms with Crippen molar-refractivity contribution in [2.75, 3.05) is 5.32 Å². The molecule has 3 aromatic rings. The predicted molar refractivity (Wildman–Crippen MR) is 110 cm³/mol. The summed E-state index contributed by atoms with van der Waals surface area (Å²) >= 11 is 0. The van der Waals surface area contributed by atoms with Crippen LogP contribution in [-0.2, 0) is 14.8 Å². The van der Waals surface area contributed by atoms with E-state index in [1.807, 2.05) is 0 Å². The largest absolute Gasteiger partial charge is 0.325 e. The van der Waals surface area contributed by atoms with E-state index >= 15 is 0 Å². The number of pyridine rings is 1. The highest BCUT2D eigenvalue weighted by Gasteiger charge is 2.29. The van der Waals surface area contributed by atoms with E-state index in [1.54, 1.807) is 57.2 Å². The van der Waals surface area contributed by atoms with Crippen LogP contribution in [0.1, 0.15) is 19.4 Å². The van der Waals surface area contributed by atoms with Crippen LogP contribution in [0, 0.1) is 18.7 Å². The monoisotopic (exact) mass is 415 g/mol. The molecular weight excluding hydrogens is 393 g/mol. The molecule has 0 spiro atoms. The average molecular weight is 415 g/mol. The van der Waals surface area contributed by atoms with E-state index in [4.69, 9.17) is 0 Å². The highest BCUT2D eigenvalue weighted by Crippen LogP contribution is 2.22. The second kappa shape index (κ2) is 8.26. The van der Waals surface area contributed by atoms with E-state index in [2.05, 4.69) is 15.0 Å². The minimum Gasteiger partial charge on any atom is -0.325 e. The third-order valence-corrected chi connectivity index (χ3v) is 6.03. The molecule has 0 aliphatic heterocycles. The molecule has 2 aromatic carbocycles. The van der Waals surface area contributed by atoms with Crippen molar-refractivity contribution in [2.45, 2.75) is 31.7 Å². The van der Waals surface area contributed by atoms with Crippen molar-refractivity contribution < 1.29 is 17.6 Å². The van der Waals surface area contributed by atoms with Gasteiger partial charge in [0.15, 0.2) is 0 Å². The van der Waals surface area contributed by atoms with E-state index < -0.39 is 27.8 Å². The number of halogens is 1. The molecule has 0 bridgehead atoms. The number of hydrogen-bond acceptors (Lipinski definition) is 4. The topological polar surface area (TPSA) is 88.2 Å². The summed E-state index contributed by atoms with van der Waals surface area (Å²) in [5, 5.41) is 3.26. The molecule has 6 nitrogen and oxygen atoms in total. The van der Waals surface area contributed by atoms with Crippen LogP contribution in [0.3, 0.4) is 0 Å². The van der Waals surface area contributed by atoms with Gasteiger partial charge in [0.05, 0.1) is 5.52 Å². The van der Waals surface area contributed by atoms with Gasteiger partial charge in [-0.05, 0) is 42.7 Å².